The van der Waals surface area contributed by atoms with Crippen LogP contribution in [-0.4, -0.2) is 53.9 Å². The van der Waals surface area contributed by atoms with Crippen molar-refractivity contribution in [2.24, 2.45) is 0 Å². The second kappa shape index (κ2) is 7.07. The minimum Gasteiger partial charge on any atom is -0.477 e. The molecule has 0 unspecified atom stereocenters. The molecular formula is C17H18ClN3O3. The maximum absolute atomic E-state index is 11.8. The Bertz CT molecular complexity index is 734. The summed E-state index contributed by atoms with van der Waals surface area (Å²) in [5.74, 6) is -0.418. The summed E-state index contributed by atoms with van der Waals surface area (Å²) in [6.45, 7) is 7.62. The number of piperazine rings is 1. The zero-order chi connectivity index (χ0) is 17.1. The Hall–Kier alpha value is -2.31. The summed E-state index contributed by atoms with van der Waals surface area (Å²) in [6.07, 6.45) is 1.87. The molecule has 7 heteroatoms. The molecule has 126 valence electrons. The van der Waals surface area contributed by atoms with Gasteiger partial charge in [0.25, 0.3) is 0 Å². The molecule has 0 radical (unpaired) electrons. The first kappa shape index (κ1) is 16.5. The van der Waals surface area contributed by atoms with E-state index in [1.54, 1.807) is 24.3 Å². The molecule has 0 spiro atoms. The second-order valence-corrected chi connectivity index (χ2v) is 6.04. The monoisotopic (exact) mass is 347 g/mol. The van der Waals surface area contributed by atoms with Crippen molar-refractivity contribution >= 4 is 23.4 Å². The quantitative estimate of drug-likeness (QED) is 0.838. The molecule has 1 aliphatic rings. The zero-order valence-electron chi connectivity index (χ0n) is 13.1. The van der Waals surface area contributed by atoms with Crippen molar-refractivity contribution in [2.45, 2.75) is 0 Å². The van der Waals surface area contributed by atoms with Crippen LogP contribution in [0.25, 0.3) is 11.3 Å². The van der Waals surface area contributed by atoms with Gasteiger partial charge in [0.2, 0.25) is 0 Å². The highest BCUT2D eigenvalue weighted by Crippen LogP contribution is 2.32. The van der Waals surface area contributed by atoms with Crippen molar-refractivity contribution in [1.29, 1.82) is 0 Å². The largest absolute Gasteiger partial charge is 0.477 e. The lowest BCUT2D eigenvalue weighted by Gasteiger charge is -2.34. The van der Waals surface area contributed by atoms with Crippen LogP contribution in [0.4, 0.5) is 5.82 Å². The van der Waals surface area contributed by atoms with Crippen molar-refractivity contribution in [3.63, 3.8) is 0 Å². The molecule has 1 aromatic carbocycles. The molecule has 1 fully saturated rings. The summed E-state index contributed by atoms with van der Waals surface area (Å²) in [6, 6.07) is 6.83. The Morgan fingerprint density at radius 1 is 1.29 bits per heavy atom. The van der Waals surface area contributed by atoms with Crippen LogP contribution in [0.15, 0.2) is 41.4 Å². The minimum atomic E-state index is -1.05. The Morgan fingerprint density at radius 3 is 2.54 bits per heavy atom. The number of halogens is 1. The average molecular weight is 348 g/mol. The molecule has 2 aromatic rings. The summed E-state index contributed by atoms with van der Waals surface area (Å²) in [4.78, 5) is 16.0. The van der Waals surface area contributed by atoms with E-state index < -0.39 is 5.97 Å². The van der Waals surface area contributed by atoms with Gasteiger partial charge in [0.05, 0.1) is 0 Å². The van der Waals surface area contributed by atoms with Crippen LogP contribution in [0.1, 0.15) is 10.4 Å². The number of carbonyl (C=O) groups is 1. The van der Waals surface area contributed by atoms with Crippen LogP contribution >= 0.6 is 11.6 Å². The average Bonchev–Trinajstić information content (AvgIpc) is 3.02. The summed E-state index contributed by atoms with van der Waals surface area (Å²) in [5.41, 5.74) is 0.732. The highest BCUT2D eigenvalue weighted by Gasteiger charge is 2.29. The predicted molar refractivity (Wildman–Crippen MR) is 92.8 cm³/mol. The van der Waals surface area contributed by atoms with Gasteiger partial charge in [-0.1, -0.05) is 22.8 Å². The third-order valence-corrected chi connectivity index (χ3v) is 4.31. The van der Waals surface area contributed by atoms with Crippen molar-refractivity contribution in [2.75, 3.05) is 37.6 Å². The molecule has 2 heterocycles. The van der Waals surface area contributed by atoms with Crippen LogP contribution in [0, 0.1) is 0 Å². The number of aromatic carboxylic acids is 1. The number of rotatable bonds is 5. The van der Waals surface area contributed by atoms with Gasteiger partial charge in [-0.05, 0) is 24.3 Å². The molecule has 0 amide bonds. The zero-order valence-corrected chi connectivity index (χ0v) is 13.9. The van der Waals surface area contributed by atoms with Crippen LogP contribution in [-0.2, 0) is 0 Å². The smallest absolute Gasteiger partial charge is 0.343 e. The summed E-state index contributed by atoms with van der Waals surface area (Å²) < 4.78 is 5.37. The van der Waals surface area contributed by atoms with E-state index in [4.69, 9.17) is 16.1 Å². The van der Waals surface area contributed by atoms with Crippen molar-refractivity contribution in [1.82, 2.24) is 10.1 Å². The van der Waals surface area contributed by atoms with E-state index in [9.17, 15) is 9.90 Å². The lowest BCUT2D eigenvalue weighted by molar-refractivity contribution is 0.0697. The maximum Gasteiger partial charge on any atom is 0.343 e. The maximum atomic E-state index is 11.8. The molecule has 1 N–H and O–H groups in total. The number of carboxylic acids is 1. The second-order valence-electron chi connectivity index (χ2n) is 5.60. The van der Waals surface area contributed by atoms with E-state index in [1.807, 2.05) is 11.0 Å². The molecule has 0 aliphatic carbocycles. The van der Waals surface area contributed by atoms with E-state index in [1.165, 1.54) is 0 Å². The van der Waals surface area contributed by atoms with Crippen molar-refractivity contribution < 1.29 is 14.4 Å². The number of anilines is 1. The lowest BCUT2D eigenvalue weighted by atomic mass is 10.1. The Labute approximate surface area is 144 Å². The van der Waals surface area contributed by atoms with Crippen molar-refractivity contribution in [3.05, 3.63) is 47.5 Å². The third kappa shape index (κ3) is 3.29. The SMILES string of the molecule is C=CCN1CCN(c2noc(-c3ccc(Cl)cc3)c2C(=O)O)CC1. The van der Waals surface area contributed by atoms with Gasteiger partial charge in [-0.25, -0.2) is 4.79 Å². The van der Waals surface area contributed by atoms with Gasteiger partial charge in [0, 0.05) is 43.3 Å². The summed E-state index contributed by atoms with van der Waals surface area (Å²) >= 11 is 5.89. The number of nitrogens with zero attached hydrogens (tertiary/aromatic N) is 3. The fourth-order valence-electron chi connectivity index (χ4n) is 2.81. The molecule has 1 saturated heterocycles. The predicted octanol–water partition coefficient (Wildman–Crippen LogP) is 3.00. The van der Waals surface area contributed by atoms with Gasteiger partial charge in [0.15, 0.2) is 17.1 Å². The van der Waals surface area contributed by atoms with Gasteiger partial charge in [-0.15, -0.1) is 6.58 Å². The van der Waals surface area contributed by atoms with E-state index >= 15 is 0 Å². The van der Waals surface area contributed by atoms with Crippen LogP contribution < -0.4 is 4.90 Å². The molecule has 1 aromatic heterocycles. The molecule has 1 aliphatic heterocycles. The number of aromatic nitrogens is 1. The van der Waals surface area contributed by atoms with E-state index in [0.717, 1.165) is 19.6 Å². The van der Waals surface area contributed by atoms with Crippen LogP contribution in [0.2, 0.25) is 5.02 Å². The molecule has 0 atom stereocenters. The number of benzene rings is 1. The first-order valence-corrected chi connectivity index (χ1v) is 8.05. The molecule has 3 rings (SSSR count). The number of hydrogen-bond donors (Lipinski definition) is 1. The minimum absolute atomic E-state index is 0.0921. The van der Waals surface area contributed by atoms with E-state index in [2.05, 4.69) is 16.6 Å². The fourth-order valence-corrected chi connectivity index (χ4v) is 2.94. The molecule has 0 bridgehead atoms. The highest BCUT2D eigenvalue weighted by atomic mass is 35.5. The molecule has 6 nitrogen and oxygen atoms in total. The van der Waals surface area contributed by atoms with Crippen LogP contribution in [0.5, 0.6) is 0 Å². The Kier molecular flexibility index (Phi) is 4.87. The first-order chi connectivity index (χ1) is 11.6. The lowest BCUT2D eigenvalue weighted by Crippen LogP contribution is -2.46. The van der Waals surface area contributed by atoms with Gasteiger partial charge in [-0.3, -0.25) is 4.90 Å². The van der Waals surface area contributed by atoms with Crippen molar-refractivity contribution in [3.8, 4) is 11.3 Å². The Balaban J connectivity index is 1.88. The van der Waals surface area contributed by atoms with Crippen LogP contribution in [0.3, 0.4) is 0 Å². The fraction of sp³-hybridized carbons (Fsp3) is 0.294. The number of hydrogen-bond acceptors (Lipinski definition) is 5. The topological polar surface area (TPSA) is 69.8 Å². The van der Waals surface area contributed by atoms with E-state index in [-0.39, 0.29) is 11.3 Å². The van der Waals surface area contributed by atoms with Gasteiger partial charge in [0.1, 0.15) is 0 Å². The standard InChI is InChI=1S/C17H18ClN3O3/c1-2-7-20-8-10-21(11-9-20)16-14(17(22)23)15(24-19-16)12-3-5-13(18)6-4-12/h2-6H,1,7-11H2,(H,22,23). The normalized spacial score (nSPS) is 15.5. The summed E-state index contributed by atoms with van der Waals surface area (Å²) in [5, 5.41) is 14.2. The van der Waals surface area contributed by atoms with Gasteiger partial charge >= 0.3 is 5.97 Å². The third-order valence-electron chi connectivity index (χ3n) is 4.05. The van der Waals surface area contributed by atoms with Gasteiger partial charge in [-0.2, -0.15) is 0 Å². The number of carboxylic acid groups (broad SMARTS) is 1. The van der Waals surface area contributed by atoms with E-state index in [0.29, 0.717) is 29.5 Å². The molecule has 0 saturated carbocycles. The highest BCUT2D eigenvalue weighted by molar-refractivity contribution is 6.30. The molecule has 24 heavy (non-hydrogen) atoms. The Morgan fingerprint density at radius 2 is 1.96 bits per heavy atom. The first-order valence-electron chi connectivity index (χ1n) is 7.67. The summed E-state index contributed by atoms with van der Waals surface area (Å²) in [7, 11) is 0. The molecular weight excluding hydrogens is 330 g/mol. The van der Waals surface area contributed by atoms with Gasteiger partial charge < -0.3 is 14.5 Å².